The number of aliphatic hydroxyl groups is 1. The average molecular weight is 423 g/mol. The molecule has 0 aliphatic rings. The molecule has 0 aromatic heterocycles. The lowest BCUT2D eigenvalue weighted by atomic mass is 10.1. The van der Waals surface area contributed by atoms with Crippen molar-refractivity contribution in [3.8, 4) is 11.5 Å². The van der Waals surface area contributed by atoms with E-state index in [2.05, 4.69) is 10.0 Å². The second kappa shape index (κ2) is 9.70. The van der Waals surface area contributed by atoms with E-state index in [0.29, 0.717) is 11.3 Å². The molecule has 0 saturated carbocycles. The molecule has 158 valence electrons. The number of hydrogen-bond donors (Lipinski definition) is 5. The second-order valence-electron chi connectivity index (χ2n) is 6.46. The Hall–Kier alpha value is -2.66. The van der Waals surface area contributed by atoms with Crippen LogP contribution in [0.15, 0.2) is 47.4 Å². The highest BCUT2D eigenvalue weighted by Gasteiger charge is 2.14. The molecule has 0 aliphatic carbocycles. The number of carbonyl (C=O) groups excluding carboxylic acids is 1. The first-order valence-electron chi connectivity index (χ1n) is 8.84. The van der Waals surface area contributed by atoms with Crippen molar-refractivity contribution < 1.29 is 28.2 Å². The van der Waals surface area contributed by atoms with Crippen LogP contribution in [0.3, 0.4) is 0 Å². The molecule has 1 amide bonds. The number of carbonyl (C=O) groups is 1. The maximum atomic E-state index is 11.7. The second-order valence-corrected chi connectivity index (χ2v) is 8.34. The molecule has 2 atom stereocenters. The summed E-state index contributed by atoms with van der Waals surface area (Å²) in [5.74, 6) is -0.604. The third-order valence-corrected chi connectivity index (χ3v) is 5.67. The first kappa shape index (κ1) is 22.6. The molecule has 0 spiro atoms. The van der Waals surface area contributed by atoms with E-state index in [0.717, 1.165) is 0 Å². The van der Waals surface area contributed by atoms with Crippen molar-refractivity contribution >= 4 is 15.9 Å². The number of hydrogen-bond acceptors (Lipinski definition) is 7. The zero-order valence-electron chi connectivity index (χ0n) is 16.1. The molecule has 0 heterocycles. The standard InChI is InChI=1S/C19H25N3O6S/c1-12(11-28-14-5-8-16(19(20)25)17(23)9-14)22-10-18(24)13-3-6-15(7-4-13)29(26,27)21-2/h3-9,12,18,21-24H,10-11H2,1-2H3,(H2,20,25). The van der Waals surface area contributed by atoms with Gasteiger partial charge in [-0.15, -0.1) is 0 Å². The topological polar surface area (TPSA) is 151 Å². The van der Waals surface area contributed by atoms with E-state index in [1.165, 1.54) is 37.4 Å². The highest BCUT2D eigenvalue weighted by atomic mass is 32.2. The number of aromatic hydroxyl groups is 1. The van der Waals surface area contributed by atoms with Gasteiger partial charge in [0.15, 0.2) is 0 Å². The Morgan fingerprint density at radius 3 is 2.41 bits per heavy atom. The predicted octanol–water partition coefficient (Wildman–Crippen LogP) is 0.490. The van der Waals surface area contributed by atoms with Gasteiger partial charge in [0, 0.05) is 18.7 Å². The predicted molar refractivity (Wildman–Crippen MR) is 107 cm³/mol. The van der Waals surface area contributed by atoms with Gasteiger partial charge in [0.1, 0.15) is 18.1 Å². The molecular weight excluding hydrogens is 398 g/mol. The summed E-state index contributed by atoms with van der Waals surface area (Å²) >= 11 is 0. The number of nitrogens with two attached hydrogens (primary N) is 1. The minimum Gasteiger partial charge on any atom is -0.507 e. The molecule has 0 saturated heterocycles. The molecule has 0 radical (unpaired) electrons. The number of amides is 1. The van der Waals surface area contributed by atoms with Crippen LogP contribution in [0.2, 0.25) is 0 Å². The number of benzene rings is 2. The van der Waals surface area contributed by atoms with Crippen molar-refractivity contribution in [2.24, 2.45) is 5.73 Å². The molecule has 0 bridgehead atoms. The summed E-state index contributed by atoms with van der Waals surface area (Å²) in [6, 6.07) is 10.1. The Morgan fingerprint density at radius 1 is 1.21 bits per heavy atom. The molecule has 0 fully saturated rings. The molecule has 2 aromatic carbocycles. The number of nitrogens with one attached hydrogen (secondary N) is 2. The first-order valence-corrected chi connectivity index (χ1v) is 10.3. The van der Waals surface area contributed by atoms with Crippen molar-refractivity contribution in [2.45, 2.75) is 24.0 Å². The van der Waals surface area contributed by atoms with Crippen LogP contribution in [0, 0.1) is 0 Å². The van der Waals surface area contributed by atoms with Gasteiger partial charge < -0.3 is 26.0 Å². The summed E-state index contributed by atoms with van der Waals surface area (Å²) in [6.07, 6.45) is -0.831. The van der Waals surface area contributed by atoms with Crippen LogP contribution in [0.5, 0.6) is 11.5 Å². The Kier molecular flexibility index (Phi) is 7.57. The van der Waals surface area contributed by atoms with Gasteiger partial charge >= 0.3 is 0 Å². The molecule has 2 aromatic rings. The summed E-state index contributed by atoms with van der Waals surface area (Å²) in [5.41, 5.74) is 5.72. The Morgan fingerprint density at radius 2 is 1.86 bits per heavy atom. The van der Waals surface area contributed by atoms with Crippen molar-refractivity contribution in [3.63, 3.8) is 0 Å². The van der Waals surface area contributed by atoms with E-state index in [-0.39, 0.29) is 35.4 Å². The lowest BCUT2D eigenvalue weighted by molar-refractivity contribution is 0.0997. The minimum atomic E-state index is -3.52. The maximum Gasteiger partial charge on any atom is 0.252 e. The normalized spacial score (nSPS) is 13.6. The maximum absolute atomic E-state index is 11.7. The van der Waals surface area contributed by atoms with Crippen LogP contribution in [0.4, 0.5) is 0 Å². The first-order chi connectivity index (χ1) is 13.6. The van der Waals surface area contributed by atoms with Gasteiger partial charge in [-0.25, -0.2) is 13.1 Å². The Balaban J connectivity index is 1.85. The number of sulfonamides is 1. The Bertz CT molecular complexity index is 947. The molecule has 0 aliphatic heterocycles. The number of primary amides is 1. The SMILES string of the molecule is CNS(=O)(=O)c1ccc(C(O)CNC(C)COc2ccc(C(N)=O)c(O)c2)cc1. The van der Waals surface area contributed by atoms with Crippen molar-refractivity contribution in [2.75, 3.05) is 20.2 Å². The van der Waals surface area contributed by atoms with Crippen LogP contribution in [-0.4, -0.2) is 50.8 Å². The molecule has 6 N–H and O–H groups in total. The summed E-state index contributed by atoms with van der Waals surface area (Å²) < 4.78 is 31.2. The van der Waals surface area contributed by atoms with Crippen LogP contribution in [-0.2, 0) is 10.0 Å². The number of rotatable bonds is 10. The third-order valence-electron chi connectivity index (χ3n) is 4.24. The highest BCUT2D eigenvalue weighted by Crippen LogP contribution is 2.23. The van der Waals surface area contributed by atoms with Crippen LogP contribution in [0.25, 0.3) is 0 Å². The van der Waals surface area contributed by atoms with Crippen molar-refractivity contribution in [1.29, 1.82) is 0 Å². The van der Waals surface area contributed by atoms with E-state index in [4.69, 9.17) is 10.5 Å². The van der Waals surface area contributed by atoms with Gasteiger partial charge in [-0.2, -0.15) is 0 Å². The van der Waals surface area contributed by atoms with Gasteiger partial charge in [0.25, 0.3) is 5.91 Å². The average Bonchev–Trinajstić information content (AvgIpc) is 2.70. The lowest BCUT2D eigenvalue weighted by Crippen LogP contribution is -2.34. The monoisotopic (exact) mass is 423 g/mol. The number of ether oxygens (including phenoxy) is 1. The third kappa shape index (κ3) is 6.16. The lowest BCUT2D eigenvalue weighted by Gasteiger charge is -2.18. The molecule has 9 nitrogen and oxygen atoms in total. The number of phenols is 1. The van der Waals surface area contributed by atoms with E-state index in [1.54, 1.807) is 12.1 Å². The van der Waals surface area contributed by atoms with Crippen LogP contribution >= 0.6 is 0 Å². The fourth-order valence-corrected chi connectivity index (χ4v) is 3.24. The fraction of sp³-hybridized carbons (Fsp3) is 0.316. The zero-order chi connectivity index (χ0) is 21.6. The van der Waals surface area contributed by atoms with Gasteiger partial charge in [-0.05, 0) is 43.8 Å². The van der Waals surface area contributed by atoms with Gasteiger partial charge in [0.2, 0.25) is 10.0 Å². The molecule has 2 unspecified atom stereocenters. The summed E-state index contributed by atoms with van der Waals surface area (Å²) in [4.78, 5) is 11.2. The largest absolute Gasteiger partial charge is 0.507 e. The minimum absolute atomic E-state index is 0.0141. The van der Waals surface area contributed by atoms with E-state index < -0.39 is 22.0 Å². The fourth-order valence-electron chi connectivity index (χ4n) is 2.51. The van der Waals surface area contributed by atoms with Crippen LogP contribution in [0.1, 0.15) is 28.9 Å². The van der Waals surface area contributed by atoms with Crippen LogP contribution < -0.4 is 20.5 Å². The van der Waals surface area contributed by atoms with E-state index >= 15 is 0 Å². The van der Waals surface area contributed by atoms with E-state index in [1.807, 2.05) is 6.92 Å². The molecule has 2 rings (SSSR count). The van der Waals surface area contributed by atoms with Gasteiger partial charge in [-0.1, -0.05) is 12.1 Å². The highest BCUT2D eigenvalue weighted by molar-refractivity contribution is 7.89. The number of aliphatic hydroxyl groups excluding tert-OH is 1. The summed E-state index contributed by atoms with van der Waals surface area (Å²) in [5, 5.41) is 23.1. The smallest absolute Gasteiger partial charge is 0.252 e. The van der Waals surface area contributed by atoms with Gasteiger partial charge in [-0.3, -0.25) is 4.79 Å². The van der Waals surface area contributed by atoms with Gasteiger partial charge in [0.05, 0.1) is 16.6 Å². The zero-order valence-corrected chi connectivity index (χ0v) is 16.9. The molecule has 10 heteroatoms. The van der Waals surface area contributed by atoms with Crippen molar-refractivity contribution in [3.05, 3.63) is 53.6 Å². The summed E-state index contributed by atoms with van der Waals surface area (Å²) in [6.45, 7) is 2.34. The molecule has 29 heavy (non-hydrogen) atoms. The quantitative estimate of drug-likeness (QED) is 0.373. The van der Waals surface area contributed by atoms with E-state index in [9.17, 15) is 23.4 Å². The van der Waals surface area contributed by atoms with Crippen molar-refractivity contribution in [1.82, 2.24) is 10.0 Å². The molecular formula is C19H25N3O6S. The summed E-state index contributed by atoms with van der Waals surface area (Å²) in [7, 11) is -2.19. The Labute approximate surface area is 169 Å².